The van der Waals surface area contributed by atoms with E-state index in [1.54, 1.807) is 4.68 Å². The summed E-state index contributed by atoms with van der Waals surface area (Å²) in [6.07, 6.45) is 1.00. The molecule has 0 radical (unpaired) electrons. The molecule has 0 unspecified atom stereocenters. The quantitative estimate of drug-likeness (QED) is 0.635. The van der Waals surface area contributed by atoms with Crippen LogP contribution in [0.5, 0.6) is 0 Å². The summed E-state index contributed by atoms with van der Waals surface area (Å²) >= 11 is 1.32. The van der Waals surface area contributed by atoms with Gasteiger partial charge in [-0.25, -0.2) is 4.98 Å². The largest absolute Gasteiger partial charge is 0.322 e. The van der Waals surface area contributed by atoms with Crippen LogP contribution in [-0.4, -0.2) is 36.1 Å². The molecule has 0 aliphatic rings. The Bertz CT molecular complexity index is 944. The fourth-order valence-corrected chi connectivity index (χ4v) is 3.44. The molecule has 0 saturated carbocycles. The van der Waals surface area contributed by atoms with Gasteiger partial charge in [0.2, 0.25) is 11.1 Å². The maximum atomic E-state index is 12.5. The van der Waals surface area contributed by atoms with Crippen LogP contribution in [0.4, 0.5) is 5.69 Å². The second kappa shape index (κ2) is 7.96. The minimum atomic E-state index is -0.338. The zero-order valence-electron chi connectivity index (χ0n) is 16.2. The molecular formula is C19H24N6OS. The Morgan fingerprint density at radius 1 is 1.30 bits per heavy atom. The highest BCUT2D eigenvalue weighted by Crippen LogP contribution is 2.25. The summed E-state index contributed by atoms with van der Waals surface area (Å²) in [7, 11) is 1.86. The predicted octanol–water partition coefficient (Wildman–Crippen LogP) is 3.50. The highest BCUT2D eigenvalue weighted by molar-refractivity contribution is 8.00. The first kappa shape index (κ1) is 19.2. The second-order valence-electron chi connectivity index (χ2n) is 6.44. The number of amides is 1. The lowest BCUT2D eigenvalue weighted by Crippen LogP contribution is -2.23. The molecule has 0 spiro atoms. The molecule has 3 aromatic rings. The van der Waals surface area contributed by atoms with E-state index in [0.717, 1.165) is 29.1 Å². The first-order valence-corrected chi connectivity index (χ1v) is 9.76. The van der Waals surface area contributed by atoms with Gasteiger partial charge in [-0.2, -0.15) is 5.10 Å². The van der Waals surface area contributed by atoms with Crippen molar-refractivity contribution in [3.05, 3.63) is 41.2 Å². The molecule has 2 aromatic heterocycles. The molecule has 0 aliphatic heterocycles. The number of carbonyl (C=O) groups is 1. The number of hydrogen-bond donors (Lipinski definition) is 2. The van der Waals surface area contributed by atoms with Gasteiger partial charge in [0.1, 0.15) is 0 Å². The van der Waals surface area contributed by atoms with Gasteiger partial charge in [-0.1, -0.05) is 43.0 Å². The van der Waals surface area contributed by atoms with Crippen molar-refractivity contribution in [1.29, 1.82) is 0 Å². The maximum absolute atomic E-state index is 12.5. The van der Waals surface area contributed by atoms with Crippen LogP contribution >= 0.6 is 11.8 Å². The van der Waals surface area contributed by atoms with E-state index in [1.165, 1.54) is 17.3 Å². The SMILES string of the molecule is CCc1ccc(-c2nc(S[C@H](C)C(=O)Nc3c(C)nn(C)c3C)n[nH]2)cc1. The number of aromatic nitrogens is 5. The average Bonchev–Trinajstić information content (AvgIpc) is 3.21. The normalized spacial score (nSPS) is 12.2. The van der Waals surface area contributed by atoms with Crippen molar-refractivity contribution in [2.45, 2.75) is 44.5 Å². The summed E-state index contributed by atoms with van der Waals surface area (Å²) in [5.74, 6) is 0.601. The summed E-state index contributed by atoms with van der Waals surface area (Å²) in [6, 6.07) is 8.22. The van der Waals surface area contributed by atoms with Crippen molar-refractivity contribution in [3.8, 4) is 11.4 Å². The second-order valence-corrected chi connectivity index (χ2v) is 7.74. The maximum Gasteiger partial charge on any atom is 0.237 e. The Morgan fingerprint density at radius 2 is 2.00 bits per heavy atom. The zero-order valence-corrected chi connectivity index (χ0v) is 17.0. The zero-order chi connectivity index (χ0) is 19.6. The number of carbonyl (C=O) groups excluding carboxylic acids is 1. The topological polar surface area (TPSA) is 88.5 Å². The number of nitrogens with zero attached hydrogens (tertiary/aromatic N) is 4. The first-order chi connectivity index (χ1) is 12.9. The summed E-state index contributed by atoms with van der Waals surface area (Å²) in [5.41, 5.74) is 4.75. The molecule has 7 nitrogen and oxygen atoms in total. The van der Waals surface area contributed by atoms with Crippen LogP contribution in [0.1, 0.15) is 30.8 Å². The van der Waals surface area contributed by atoms with Gasteiger partial charge in [-0.15, -0.1) is 5.10 Å². The van der Waals surface area contributed by atoms with Crippen molar-refractivity contribution < 1.29 is 4.79 Å². The van der Waals surface area contributed by atoms with E-state index in [-0.39, 0.29) is 11.2 Å². The lowest BCUT2D eigenvalue weighted by molar-refractivity contribution is -0.115. The molecule has 0 bridgehead atoms. The molecule has 3 rings (SSSR count). The number of aryl methyl sites for hydroxylation is 3. The fraction of sp³-hybridized carbons (Fsp3) is 0.368. The van der Waals surface area contributed by atoms with E-state index >= 15 is 0 Å². The molecule has 1 amide bonds. The number of H-pyrrole nitrogens is 1. The van der Waals surface area contributed by atoms with Gasteiger partial charge >= 0.3 is 0 Å². The number of nitrogens with one attached hydrogen (secondary N) is 2. The van der Waals surface area contributed by atoms with Crippen molar-refractivity contribution in [1.82, 2.24) is 25.0 Å². The highest BCUT2D eigenvalue weighted by Gasteiger charge is 2.20. The standard InChI is InChI=1S/C19H24N6OS/c1-6-14-7-9-15(10-8-14)17-21-19(23-22-17)27-13(4)18(26)20-16-11(2)24-25(5)12(16)3/h7-10,13H,6H2,1-5H3,(H,20,26)(H,21,22,23)/t13-/m1/s1. The van der Waals surface area contributed by atoms with Gasteiger partial charge < -0.3 is 5.32 Å². The number of benzene rings is 1. The molecule has 0 fully saturated rings. The Morgan fingerprint density at radius 3 is 2.59 bits per heavy atom. The van der Waals surface area contributed by atoms with E-state index < -0.39 is 0 Å². The third kappa shape index (κ3) is 4.21. The number of rotatable bonds is 6. The van der Waals surface area contributed by atoms with Crippen LogP contribution in [0.2, 0.25) is 0 Å². The summed E-state index contributed by atoms with van der Waals surface area (Å²) in [6.45, 7) is 7.77. The van der Waals surface area contributed by atoms with Crippen molar-refractivity contribution in [2.24, 2.45) is 7.05 Å². The van der Waals surface area contributed by atoms with Gasteiger partial charge in [-0.3, -0.25) is 14.6 Å². The Labute approximate surface area is 163 Å². The number of aromatic amines is 1. The molecule has 0 aliphatic carbocycles. The molecule has 8 heteroatoms. The van der Waals surface area contributed by atoms with Crippen LogP contribution < -0.4 is 5.32 Å². The average molecular weight is 385 g/mol. The van der Waals surface area contributed by atoms with Crippen LogP contribution in [0.3, 0.4) is 0 Å². The predicted molar refractivity (Wildman–Crippen MR) is 108 cm³/mol. The van der Waals surface area contributed by atoms with E-state index in [1.807, 2.05) is 40.0 Å². The van der Waals surface area contributed by atoms with E-state index in [2.05, 4.69) is 44.7 Å². The van der Waals surface area contributed by atoms with Gasteiger partial charge in [0, 0.05) is 12.6 Å². The van der Waals surface area contributed by atoms with Crippen molar-refractivity contribution in [3.63, 3.8) is 0 Å². The van der Waals surface area contributed by atoms with Gasteiger partial charge in [-0.05, 0) is 32.8 Å². The molecule has 2 N–H and O–H groups in total. The van der Waals surface area contributed by atoms with Crippen molar-refractivity contribution in [2.75, 3.05) is 5.32 Å². The third-order valence-corrected chi connectivity index (χ3v) is 5.47. The fourth-order valence-electron chi connectivity index (χ4n) is 2.72. The molecule has 2 heterocycles. The molecule has 142 valence electrons. The van der Waals surface area contributed by atoms with Crippen LogP contribution in [-0.2, 0) is 18.3 Å². The third-order valence-electron chi connectivity index (χ3n) is 4.51. The molecule has 1 aromatic carbocycles. The van der Waals surface area contributed by atoms with Crippen molar-refractivity contribution >= 4 is 23.4 Å². The van der Waals surface area contributed by atoms with E-state index in [9.17, 15) is 4.79 Å². The first-order valence-electron chi connectivity index (χ1n) is 8.88. The minimum Gasteiger partial charge on any atom is -0.322 e. The van der Waals surface area contributed by atoms with Gasteiger partial charge in [0.05, 0.1) is 22.3 Å². The number of anilines is 1. The van der Waals surface area contributed by atoms with Crippen LogP contribution in [0.15, 0.2) is 29.4 Å². The lowest BCUT2D eigenvalue weighted by Gasteiger charge is -2.10. The molecule has 1 atom stereocenters. The number of hydrogen-bond acceptors (Lipinski definition) is 5. The highest BCUT2D eigenvalue weighted by atomic mass is 32.2. The summed E-state index contributed by atoms with van der Waals surface area (Å²) in [5, 5.41) is 14.7. The number of thioether (sulfide) groups is 1. The lowest BCUT2D eigenvalue weighted by atomic mass is 10.1. The molecular weight excluding hydrogens is 360 g/mol. The van der Waals surface area contributed by atoms with Gasteiger partial charge in [0.25, 0.3) is 0 Å². The summed E-state index contributed by atoms with van der Waals surface area (Å²) in [4.78, 5) is 17.0. The Balaban J connectivity index is 1.66. The minimum absolute atomic E-state index is 0.0992. The smallest absolute Gasteiger partial charge is 0.237 e. The Hall–Kier alpha value is -2.61. The van der Waals surface area contributed by atoms with Crippen LogP contribution in [0.25, 0.3) is 11.4 Å². The monoisotopic (exact) mass is 384 g/mol. The van der Waals surface area contributed by atoms with E-state index in [0.29, 0.717) is 11.0 Å². The van der Waals surface area contributed by atoms with Gasteiger partial charge in [0.15, 0.2) is 5.82 Å². The molecule has 0 saturated heterocycles. The molecule has 27 heavy (non-hydrogen) atoms. The van der Waals surface area contributed by atoms with E-state index in [4.69, 9.17) is 0 Å². The van der Waals surface area contributed by atoms with Crippen LogP contribution in [0, 0.1) is 13.8 Å². The summed E-state index contributed by atoms with van der Waals surface area (Å²) < 4.78 is 1.76. The Kier molecular flexibility index (Phi) is 5.65.